The Balaban J connectivity index is 3.98. The van der Waals surface area contributed by atoms with Gasteiger partial charge < -0.3 is 77.0 Å². The van der Waals surface area contributed by atoms with Crippen LogP contribution in [-0.2, 0) is 71.7 Å². The molecule has 0 aliphatic heterocycles. The van der Waals surface area contributed by atoms with Crippen LogP contribution in [0.1, 0.15) is 161 Å². The first kappa shape index (κ1) is 74.3. The van der Waals surface area contributed by atoms with Gasteiger partial charge in [0.05, 0.1) is 45.7 Å². The number of hydrogen-bond donors (Lipinski definition) is 12. The minimum absolute atomic E-state index is 0.0372. The summed E-state index contributed by atoms with van der Waals surface area (Å²) in [6.07, 6.45) is 17.2. The van der Waals surface area contributed by atoms with Crippen LogP contribution in [0, 0.1) is 0 Å². The van der Waals surface area contributed by atoms with Gasteiger partial charge >= 0.3 is 23.9 Å². The molecule has 0 saturated carbocycles. The summed E-state index contributed by atoms with van der Waals surface area (Å²) in [5.41, 5.74) is 5.33. The molecule has 0 radical (unpaired) electrons. The molecule has 0 bridgehead atoms. The molecule has 80 heavy (non-hydrogen) atoms. The van der Waals surface area contributed by atoms with E-state index in [0.717, 1.165) is 51.4 Å². The zero-order valence-electron chi connectivity index (χ0n) is 46.7. The van der Waals surface area contributed by atoms with Crippen LogP contribution >= 0.6 is 11.9 Å². The van der Waals surface area contributed by atoms with Crippen LogP contribution in [0.2, 0.25) is 0 Å². The topological polar surface area (TPSA) is 416 Å². The van der Waals surface area contributed by atoms with Crippen molar-refractivity contribution in [1.29, 1.82) is 0 Å². The molecule has 0 aromatic heterocycles. The van der Waals surface area contributed by atoms with Gasteiger partial charge in [-0.3, -0.25) is 43.1 Å². The van der Waals surface area contributed by atoms with Gasteiger partial charge in [-0.25, -0.2) is 14.4 Å². The number of carboxylic acids is 4. The summed E-state index contributed by atoms with van der Waals surface area (Å²) in [5, 5.41) is 52.2. The van der Waals surface area contributed by atoms with Crippen LogP contribution < -0.4 is 42.4 Å². The molecule has 0 aliphatic carbocycles. The maximum atomic E-state index is 12.5. The summed E-state index contributed by atoms with van der Waals surface area (Å²) in [5.74, 6) is -8.46. The number of nitrogens with one attached hydrogen (secondary N) is 7. The molecule has 0 aliphatic rings. The van der Waals surface area contributed by atoms with Crippen molar-refractivity contribution in [3.05, 3.63) is 0 Å². The molecular weight excluding hydrogens is 1070 g/mol. The number of amides is 7. The number of unbranched alkanes of at least 4 members (excludes halogenated alkanes) is 14. The van der Waals surface area contributed by atoms with E-state index in [4.69, 9.17) is 29.8 Å². The Morgan fingerprint density at radius 3 is 1.16 bits per heavy atom. The van der Waals surface area contributed by atoms with Gasteiger partial charge in [0.15, 0.2) is 0 Å². The lowest BCUT2D eigenvalue weighted by molar-refractivity contribution is -0.144. The molecule has 0 heterocycles. The minimum Gasteiger partial charge on any atom is -0.481 e. The van der Waals surface area contributed by atoms with Gasteiger partial charge in [-0.2, -0.15) is 0 Å². The van der Waals surface area contributed by atoms with E-state index in [-0.39, 0.29) is 117 Å². The predicted octanol–water partition coefficient (Wildman–Crippen LogP) is 1.67. The van der Waals surface area contributed by atoms with Gasteiger partial charge in [0.2, 0.25) is 41.4 Å². The second kappa shape index (κ2) is 50.3. The number of primary amides is 1. The summed E-state index contributed by atoms with van der Waals surface area (Å²) < 4.78 is 24.1. The van der Waals surface area contributed by atoms with E-state index >= 15 is 0 Å². The number of carbonyl (C=O) groups is 11. The molecule has 0 rings (SSSR count). The van der Waals surface area contributed by atoms with Crippen molar-refractivity contribution in [2.45, 2.75) is 185 Å². The van der Waals surface area contributed by atoms with Crippen molar-refractivity contribution in [3.63, 3.8) is 0 Å². The number of carbonyl (C=O) groups excluding carboxylic acids is 7. The van der Waals surface area contributed by atoms with Crippen LogP contribution in [0.5, 0.6) is 0 Å². The molecule has 0 spiro atoms. The van der Waals surface area contributed by atoms with E-state index in [1.807, 2.05) is 0 Å². The second-order valence-corrected chi connectivity index (χ2v) is 19.6. The molecule has 0 unspecified atom stereocenters. The van der Waals surface area contributed by atoms with Crippen LogP contribution in [0.4, 0.5) is 0 Å². The number of nitrogens with two attached hydrogens (primary N) is 1. The highest BCUT2D eigenvalue weighted by molar-refractivity contribution is 7.96. The monoisotopic (exact) mass is 1160 g/mol. The maximum absolute atomic E-state index is 12.5. The summed E-state index contributed by atoms with van der Waals surface area (Å²) in [6.45, 7) is 0.262. The smallest absolute Gasteiger partial charge is 0.326 e. The Morgan fingerprint density at radius 1 is 0.375 bits per heavy atom. The normalized spacial score (nSPS) is 12.5. The van der Waals surface area contributed by atoms with Crippen molar-refractivity contribution in [1.82, 2.24) is 36.6 Å². The van der Waals surface area contributed by atoms with Crippen LogP contribution in [0.15, 0.2) is 0 Å². The number of aliphatic carboxylic acids is 4. The zero-order chi connectivity index (χ0) is 59.6. The fourth-order valence-corrected chi connectivity index (χ4v) is 8.19. The molecule has 4 atom stereocenters. The summed E-state index contributed by atoms with van der Waals surface area (Å²) in [6, 6.07) is -4.59. The molecule has 7 amide bonds. The molecule has 0 fully saturated rings. The van der Waals surface area contributed by atoms with Crippen molar-refractivity contribution in [3.8, 4) is 0 Å². The third-order valence-electron chi connectivity index (χ3n) is 12.1. The molecule has 27 nitrogen and oxygen atoms in total. The van der Waals surface area contributed by atoms with E-state index < -0.39 is 96.5 Å². The molecular formula is C52H92N8O19S. The Bertz CT molecular complexity index is 1820. The van der Waals surface area contributed by atoms with Gasteiger partial charge in [0, 0.05) is 51.7 Å². The zero-order valence-corrected chi connectivity index (χ0v) is 47.5. The molecule has 0 aromatic carbocycles. The summed E-state index contributed by atoms with van der Waals surface area (Å²) in [4.78, 5) is 131. The van der Waals surface area contributed by atoms with Gasteiger partial charge in [-0.15, -0.1) is 0 Å². The highest BCUT2D eigenvalue weighted by Crippen LogP contribution is 2.14. The molecule has 0 saturated heterocycles. The SMILES string of the molecule is CSN[C@@H](CCCCNC(=O)CC[C@H](NC(=O)CC[C@H](NC(=O)COCCOCCNC(=O)COCCOCCNC(=O)CC[C@H](NC(=O)CCCCCCCCCCCCCCCCC(=O)O)C(=O)O)C(=O)O)C(=O)O)C(N)=O. The van der Waals surface area contributed by atoms with E-state index in [1.54, 1.807) is 6.26 Å². The maximum Gasteiger partial charge on any atom is 0.326 e. The lowest BCUT2D eigenvalue weighted by Gasteiger charge is -2.17. The summed E-state index contributed by atoms with van der Waals surface area (Å²) in [7, 11) is 0. The number of ether oxygens (including phenoxy) is 4. The van der Waals surface area contributed by atoms with E-state index in [0.29, 0.717) is 25.7 Å². The van der Waals surface area contributed by atoms with Crippen LogP contribution in [0.25, 0.3) is 0 Å². The van der Waals surface area contributed by atoms with Crippen molar-refractivity contribution in [2.75, 3.05) is 78.7 Å². The first-order chi connectivity index (χ1) is 38.4. The van der Waals surface area contributed by atoms with Crippen LogP contribution in [0.3, 0.4) is 0 Å². The van der Waals surface area contributed by atoms with Gasteiger partial charge in [0.1, 0.15) is 31.3 Å². The van der Waals surface area contributed by atoms with Gasteiger partial charge in [-0.1, -0.05) is 89.0 Å². The number of hydrogen-bond acceptors (Lipinski definition) is 17. The molecule has 460 valence electrons. The second-order valence-electron chi connectivity index (χ2n) is 19.0. The van der Waals surface area contributed by atoms with Crippen molar-refractivity contribution >= 4 is 77.2 Å². The van der Waals surface area contributed by atoms with E-state index in [2.05, 4.69) is 36.6 Å². The standard InChI is InChI=1S/C52H92N8O19S/c1-80-60-38(49(53)69)18-16-17-27-54-42(61)24-21-40(51(72)73)58-45(64)26-23-41(52(74)75)59-47(66)37-79-35-33-77-31-29-56-46(65)36-78-34-32-76-30-28-55-43(62)25-22-39(50(70)71)57-44(63)19-14-12-10-8-6-4-2-3-5-7-9-11-13-15-20-48(67)68/h38-41,60H,2-37H2,1H3,(H2,53,69)(H,54,61)(H,55,62)(H,56,65)(H,57,63)(H,58,64)(H,59,66)(H,67,68)(H,70,71)(H,72,73)(H,74,75)/t38-,39-,40-,41-/m0/s1. The van der Waals surface area contributed by atoms with Crippen LogP contribution in [-0.4, -0.2) is 189 Å². The van der Waals surface area contributed by atoms with E-state index in [1.165, 1.54) is 44.1 Å². The first-order valence-corrected chi connectivity index (χ1v) is 29.1. The Hall–Kier alpha value is -5.68. The fourth-order valence-electron chi connectivity index (χ4n) is 7.68. The predicted molar refractivity (Wildman–Crippen MR) is 294 cm³/mol. The average molecular weight is 1170 g/mol. The highest BCUT2D eigenvalue weighted by atomic mass is 32.2. The lowest BCUT2D eigenvalue weighted by atomic mass is 10.0. The fraction of sp³-hybridized carbons (Fsp3) is 0.788. The number of rotatable bonds is 56. The number of carboxylic acid groups (broad SMARTS) is 4. The summed E-state index contributed by atoms with van der Waals surface area (Å²) >= 11 is 1.27. The third kappa shape index (κ3) is 46.1. The van der Waals surface area contributed by atoms with Gasteiger partial charge in [-0.05, 0) is 57.6 Å². The average Bonchev–Trinajstić information content (AvgIpc) is 3.40. The Labute approximate surface area is 473 Å². The lowest BCUT2D eigenvalue weighted by Crippen LogP contribution is -2.45. The Morgan fingerprint density at radius 2 is 0.738 bits per heavy atom. The Kier molecular flexibility index (Phi) is 46.7. The minimum atomic E-state index is -1.48. The van der Waals surface area contributed by atoms with Crippen molar-refractivity contribution < 1.29 is 92.1 Å². The molecule has 0 aromatic rings. The highest BCUT2D eigenvalue weighted by Gasteiger charge is 2.25. The largest absolute Gasteiger partial charge is 0.481 e. The first-order valence-electron chi connectivity index (χ1n) is 27.8. The quantitative estimate of drug-likeness (QED) is 0.0304. The van der Waals surface area contributed by atoms with E-state index in [9.17, 15) is 68.1 Å². The van der Waals surface area contributed by atoms with Gasteiger partial charge in [0.25, 0.3) is 0 Å². The third-order valence-corrected chi connectivity index (χ3v) is 12.6. The van der Waals surface area contributed by atoms with Crippen molar-refractivity contribution in [2.24, 2.45) is 5.73 Å². The molecule has 13 N–H and O–H groups in total. The molecule has 28 heteroatoms.